The van der Waals surface area contributed by atoms with Gasteiger partial charge in [0.1, 0.15) is 0 Å². The monoisotopic (exact) mass is 270 g/mol. The molecular formula is C17H22N2O. The van der Waals surface area contributed by atoms with E-state index in [0.717, 1.165) is 30.5 Å². The zero-order chi connectivity index (χ0) is 14.5. The Bertz CT molecular complexity index is 541. The van der Waals surface area contributed by atoms with Crippen molar-refractivity contribution in [1.82, 2.24) is 4.90 Å². The third kappa shape index (κ3) is 3.40. The SMILES string of the molecule is CC1CCN(C(=O)c2cccc(C#CCN)c2)C(C)C1. The summed E-state index contributed by atoms with van der Waals surface area (Å²) in [4.78, 5) is 14.6. The first-order valence-corrected chi connectivity index (χ1v) is 7.21. The van der Waals surface area contributed by atoms with Crippen molar-refractivity contribution in [2.75, 3.05) is 13.1 Å². The summed E-state index contributed by atoms with van der Waals surface area (Å²) in [6.07, 6.45) is 2.17. The minimum absolute atomic E-state index is 0.112. The van der Waals surface area contributed by atoms with Gasteiger partial charge in [0.2, 0.25) is 0 Å². The molecule has 1 fully saturated rings. The van der Waals surface area contributed by atoms with Crippen LogP contribution in [-0.4, -0.2) is 29.9 Å². The van der Waals surface area contributed by atoms with Crippen LogP contribution in [0.25, 0.3) is 0 Å². The molecule has 1 aliphatic heterocycles. The van der Waals surface area contributed by atoms with E-state index >= 15 is 0 Å². The van der Waals surface area contributed by atoms with Crippen LogP contribution in [0.1, 0.15) is 42.6 Å². The Labute approximate surface area is 121 Å². The van der Waals surface area contributed by atoms with E-state index < -0.39 is 0 Å². The zero-order valence-electron chi connectivity index (χ0n) is 12.2. The Balaban J connectivity index is 2.16. The van der Waals surface area contributed by atoms with E-state index in [9.17, 15) is 4.79 Å². The van der Waals surface area contributed by atoms with Crippen molar-refractivity contribution in [3.8, 4) is 11.8 Å². The van der Waals surface area contributed by atoms with Crippen LogP contribution >= 0.6 is 0 Å². The van der Waals surface area contributed by atoms with Crippen LogP contribution in [0.2, 0.25) is 0 Å². The van der Waals surface area contributed by atoms with Crippen LogP contribution in [0, 0.1) is 17.8 Å². The van der Waals surface area contributed by atoms with Crippen molar-refractivity contribution in [2.45, 2.75) is 32.7 Å². The number of rotatable bonds is 1. The lowest BCUT2D eigenvalue weighted by atomic mass is 9.93. The number of carbonyl (C=O) groups excluding carboxylic acids is 1. The number of amides is 1. The number of nitrogens with two attached hydrogens (primary N) is 1. The van der Waals surface area contributed by atoms with E-state index in [1.54, 1.807) is 0 Å². The standard InChI is InChI=1S/C17H22N2O/c1-13-8-10-19(14(2)11-13)17(20)16-7-3-5-15(12-16)6-4-9-18/h3,5,7,12-14H,8-11,18H2,1-2H3. The molecule has 20 heavy (non-hydrogen) atoms. The van der Waals surface area contributed by atoms with Gasteiger partial charge in [0.05, 0.1) is 6.54 Å². The van der Waals surface area contributed by atoms with E-state index in [1.165, 1.54) is 0 Å². The Kier molecular flexibility index (Phi) is 4.81. The van der Waals surface area contributed by atoms with Gasteiger partial charge in [0.15, 0.2) is 0 Å². The van der Waals surface area contributed by atoms with Gasteiger partial charge >= 0.3 is 0 Å². The molecule has 1 aromatic carbocycles. The van der Waals surface area contributed by atoms with Crippen LogP contribution in [0.3, 0.4) is 0 Å². The molecule has 0 aliphatic carbocycles. The Hall–Kier alpha value is -1.79. The largest absolute Gasteiger partial charge is 0.336 e. The first-order valence-electron chi connectivity index (χ1n) is 7.21. The molecule has 0 saturated carbocycles. The number of likely N-dealkylation sites (tertiary alicyclic amines) is 1. The fourth-order valence-electron chi connectivity index (χ4n) is 2.76. The van der Waals surface area contributed by atoms with Gasteiger partial charge in [-0.2, -0.15) is 0 Å². The highest BCUT2D eigenvalue weighted by atomic mass is 16.2. The molecule has 1 saturated heterocycles. The summed E-state index contributed by atoms with van der Waals surface area (Å²) in [6, 6.07) is 7.81. The van der Waals surface area contributed by atoms with Gasteiger partial charge in [0, 0.05) is 23.7 Å². The molecule has 1 amide bonds. The van der Waals surface area contributed by atoms with Gasteiger partial charge in [-0.05, 0) is 43.9 Å². The van der Waals surface area contributed by atoms with Crippen LogP contribution in [0.5, 0.6) is 0 Å². The average molecular weight is 270 g/mol. The molecule has 3 nitrogen and oxygen atoms in total. The van der Waals surface area contributed by atoms with Crippen molar-refractivity contribution in [3.63, 3.8) is 0 Å². The first kappa shape index (κ1) is 14.6. The maximum Gasteiger partial charge on any atom is 0.254 e. The summed E-state index contributed by atoms with van der Waals surface area (Å²) < 4.78 is 0. The number of hydrogen-bond acceptors (Lipinski definition) is 2. The van der Waals surface area contributed by atoms with E-state index in [0.29, 0.717) is 18.5 Å². The third-order valence-electron chi connectivity index (χ3n) is 3.84. The lowest BCUT2D eigenvalue weighted by Gasteiger charge is -2.36. The summed E-state index contributed by atoms with van der Waals surface area (Å²) in [6.45, 7) is 5.56. The number of piperidine rings is 1. The van der Waals surface area contributed by atoms with E-state index in [1.807, 2.05) is 29.2 Å². The summed E-state index contributed by atoms with van der Waals surface area (Å²) in [7, 11) is 0. The van der Waals surface area contributed by atoms with Crippen LogP contribution in [-0.2, 0) is 0 Å². The van der Waals surface area contributed by atoms with Crippen molar-refractivity contribution in [2.24, 2.45) is 11.7 Å². The lowest BCUT2D eigenvalue weighted by molar-refractivity contribution is 0.0588. The van der Waals surface area contributed by atoms with E-state index in [-0.39, 0.29) is 5.91 Å². The number of carbonyl (C=O) groups is 1. The molecule has 1 aromatic rings. The number of nitrogens with zero attached hydrogens (tertiary/aromatic N) is 1. The fraction of sp³-hybridized carbons (Fsp3) is 0.471. The van der Waals surface area contributed by atoms with Crippen LogP contribution < -0.4 is 5.73 Å². The molecule has 0 radical (unpaired) electrons. The smallest absolute Gasteiger partial charge is 0.254 e. The Morgan fingerprint density at radius 1 is 1.45 bits per heavy atom. The van der Waals surface area contributed by atoms with Crippen molar-refractivity contribution in [3.05, 3.63) is 35.4 Å². The van der Waals surface area contributed by atoms with Crippen molar-refractivity contribution >= 4 is 5.91 Å². The molecule has 2 atom stereocenters. The quantitative estimate of drug-likeness (QED) is 0.796. The summed E-state index contributed by atoms with van der Waals surface area (Å²) >= 11 is 0. The predicted molar refractivity (Wildman–Crippen MR) is 81.3 cm³/mol. The predicted octanol–water partition coefficient (Wildman–Crippen LogP) is 2.26. The fourth-order valence-corrected chi connectivity index (χ4v) is 2.76. The molecule has 0 spiro atoms. The first-order chi connectivity index (χ1) is 9.61. The van der Waals surface area contributed by atoms with Gasteiger partial charge in [0.25, 0.3) is 5.91 Å². The number of benzene rings is 1. The maximum absolute atomic E-state index is 12.6. The summed E-state index contributed by atoms with van der Waals surface area (Å²) in [5, 5.41) is 0. The second kappa shape index (κ2) is 6.58. The third-order valence-corrected chi connectivity index (χ3v) is 3.84. The Morgan fingerprint density at radius 3 is 2.95 bits per heavy atom. The molecule has 2 rings (SSSR count). The van der Waals surface area contributed by atoms with Crippen molar-refractivity contribution < 1.29 is 4.79 Å². The van der Waals surface area contributed by atoms with Gasteiger partial charge in [-0.1, -0.05) is 24.8 Å². The van der Waals surface area contributed by atoms with Gasteiger partial charge in [-0.3, -0.25) is 4.79 Å². The molecule has 2 N–H and O–H groups in total. The van der Waals surface area contributed by atoms with Gasteiger partial charge in [-0.25, -0.2) is 0 Å². The van der Waals surface area contributed by atoms with Crippen LogP contribution in [0.15, 0.2) is 24.3 Å². The topological polar surface area (TPSA) is 46.3 Å². The lowest BCUT2D eigenvalue weighted by Crippen LogP contribution is -2.44. The van der Waals surface area contributed by atoms with Gasteiger partial charge < -0.3 is 10.6 Å². The summed E-state index contributed by atoms with van der Waals surface area (Å²) in [5.74, 6) is 6.61. The molecule has 2 unspecified atom stereocenters. The van der Waals surface area contributed by atoms with Gasteiger partial charge in [-0.15, -0.1) is 0 Å². The molecule has 106 valence electrons. The second-order valence-electron chi connectivity index (χ2n) is 5.56. The van der Waals surface area contributed by atoms with E-state index in [4.69, 9.17) is 5.73 Å². The zero-order valence-corrected chi connectivity index (χ0v) is 12.2. The van der Waals surface area contributed by atoms with Crippen molar-refractivity contribution in [1.29, 1.82) is 0 Å². The highest BCUT2D eigenvalue weighted by molar-refractivity contribution is 5.94. The molecule has 0 bridgehead atoms. The van der Waals surface area contributed by atoms with Crippen LogP contribution in [0.4, 0.5) is 0 Å². The highest BCUT2D eigenvalue weighted by Gasteiger charge is 2.27. The maximum atomic E-state index is 12.6. The second-order valence-corrected chi connectivity index (χ2v) is 5.56. The highest BCUT2D eigenvalue weighted by Crippen LogP contribution is 2.23. The molecule has 0 aromatic heterocycles. The normalized spacial score (nSPS) is 22.1. The average Bonchev–Trinajstić information content (AvgIpc) is 2.45. The molecular weight excluding hydrogens is 248 g/mol. The minimum Gasteiger partial charge on any atom is -0.336 e. The Morgan fingerprint density at radius 2 is 2.25 bits per heavy atom. The van der Waals surface area contributed by atoms with E-state index in [2.05, 4.69) is 25.7 Å². The molecule has 1 heterocycles. The summed E-state index contributed by atoms with van der Waals surface area (Å²) in [5.41, 5.74) is 6.94. The number of hydrogen-bond donors (Lipinski definition) is 1. The minimum atomic E-state index is 0.112. The molecule has 3 heteroatoms. The molecule has 1 aliphatic rings.